The first-order valence-electron chi connectivity index (χ1n) is 40.6. The van der Waals surface area contributed by atoms with E-state index in [0.29, 0.717) is 37.3 Å². The molecule has 17 aromatic rings. The summed E-state index contributed by atoms with van der Waals surface area (Å²) in [5.41, 5.74) is 14.9. The third-order valence-corrected chi connectivity index (χ3v) is 21.3. The van der Waals surface area contributed by atoms with Gasteiger partial charge in [0.1, 0.15) is 36.4 Å². The van der Waals surface area contributed by atoms with Crippen LogP contribution in [-0.4, -0.2) is 92.4 Å². The summed E-state index contributed by atoms with van der Waals surface area (Å²) < 4.78 is 26.1. The topological polar surface area (TPSA) is 222 Å². The van der Waals surface area contributed by atoms with Gasteiger partial charge in [0.25, 0.3) is 0 Å². The number of amides is 1. The third-order valence-electron chi connectivity index (χ3n) is 19.0. The van der Waals surface area contributed by atoms with Crippen LogP contribution in [0, 0.1) is 0 Å². The van der Waals surface area contributed by atoms with Crippen molar-refractivity contribution in [3.05, 3.63) is 470 Å². The summed E-state index contributed by atoms with van der Waals surface area (Å²) >= 11 is 0.128. The molecule has 7 aromatic heterocycles. The Kier molecular flexibility index (Phi) is 32.0. The van der Waals surface area contributed by atoms with E-state index in [0.717, 1.165) is 113 Å². The Morgan fingerprint density at radius 2 is 0.823 bits per heavy atom. The van der Waals surface area contributed by atoms with Gasteiger partial charge in [0.05, 0.1) is 29.8 Å². The molecule has 19 heteroatoms. The number of anilines is 2. The molecule has 8 heterocycles. The quantitative estimate of drug-likeness (QED) is 0.0344. The summed E-state index contributed by atoms with van der Waals surface area (Å²) in [4.78, 5) is 61.7. The molecule has 2 N–H and O–H groups in total. The first-order chi connectivity index (χ1) is 61.4. The van der Waals surface area contributed by atoms with E-state index in [4.69, 9.17) is 38.6 Å². The van der Waals surface area contributed by atoms with Crippen LogP contribution >= 0.6 is 0 Å². The average Bonchev–Trinajstić information content (AvgIpc) is 1.68. The van der Waals surface area contributed by atoms with Crippen molar-refractivity contribution in [1.29, 1.82) is 0 Å². The molecule has 0 saturated heterocycles. The molecule has 1 amide bonds. The zero-order chi connectivity index (χ0) is 84.5. The van der Waals surface area contributed by atoms with Crippen molar-refractivity contribution in [2.45, 2.75) is 44.2 Å². The molecule has 3 unspecified atom stereocenters. The molecule has 124 heavy (non-hydrogen) atoms. The molecule has 1 aliphatic rings. The predicted molar refractivity (Wildman–Crippen MR) is 497 cm³/mol. The zero-order valence-electron chi connectivity index (χ0n) is 67.9. The number of hydrogen-bond acceptors (Lipinski definition) is 17. The van der Waals surface area contributed by atoms with E-state index in [1.807, 2.05) is 316 Å². The molecule has 10 aromatic carbocycles. The van der Waals surface area contributed by atoms with E-state index in [1.165, 1.54) is 10.0 Å². The number of ether oxygens (including phenoxy) is 3. The van der Waals surface area contributed by atoms with Gasteiger partial charge >= 0.3 is 153 Å². The van der Waals surface area contributed by atoms with Crippen LogP contribution in [0.25, 0.3) is 44.1 Å². The summed E-state index contributed by atoms with van der Waals surface area (Å²) in [7, 11) is 0. The minimum absolute atomic E-state index is 0.0663. The monoisotopic (exact) mass is 1690 g/mol. The Labute approximate surface area is 728 Å². The molecule has 0 spiro atoms. The van der Waals surface area contributed by atoms with Crippen LogP contribution in [-0.2, 0) is 18.0 Å². The molecule has 0 fully saturated rings. The van der Waals surface area contributed by atoms with Crippen LogP contribution in [0.5, 0.6) is 17.2 Å². The van der Waals surface area contributed by atoms with Gasteiger partial charge in [-0.15, -0.1) is 0 Å². The second kappa shape index (κ2) is 46.7. The van der Waals surface area contributed by atoms with Gasteiger partial charge < -0.3 is 24.5 Å². The van der Waals surface area contributed by atoms with Gasteiger partial charge in [0.2, 0.25) is 11.8 Å². The number of aliphatic imine (C=N–C) groups is 4. The largest absolute Gasteiger partial charge is 0.486 e. The Morgan fingerprint density at radius 3 is 1.33 bits per heavy atom. The number of nitrogens with one attached hydrogen (secondary N) is 2. The number of pyridine rings is 5. The normalized spacial score (nSPS) is 12.3. The number of nitrogens with zero attached hydrogens (tertiary/aromatic N) is 11. The van der Waals surface area contributed by atoms with Crippen molar-refractivity contribution in [3.63, 3.8) is 0 Å². The molecule has 1 aliphatic heterocycles. The van der Waals surface area contributed by atoms with Gasteiger partial charge in [-0.25, -0.2) is 9.98 Å². The SMILES string of the molecule is C(=NC(CCNc1ccccc1)c1ccccc1)c1cccnc1.O=C(CC(N=Cc1cccnc1)c1ccccc1)Nc1ccccc1.c1ccc(OCC2=NC(c3cccnc3)=NC2c2ccccc2)cc1.c1ccc(OCc2[se]c(-c3cccnc3)nc2-c2ccccc2)cc1.c1ccc(OCc2oc(-c3cccnc3)nc2-c2ccccc2)cc1. The Morgan fingerprint density at radius 1 is 0.403 bits per heavy atom. The molecule has 0 bridgehead atoms. The van der Waals surface area contributed by atoms with Crippen LogP contribution in [0.4, 0.5) is 11.4 Å². The van der Waals surface area contributed by atoms with Crippen molar-refractivity contribution in [2.75, 3.05) is 23.8 Å². The number of carbonyl (C=O) groups is 1. The number of rotatable bonds is 28. The van der Waals surface area contributed by atoms with E-state index in [9.17, 15) is 4.79 Å². The molecule has 0 saturated carbocycles. The summed E-state index contributed by atoms with van der Waals surface area (Å²) in [5.74, 6) is 4.37. The summed E-state index contributed by atoms with van der Waals surface area (Å²) in [6, 6.07) is 119. The van der Waals surface area contributed by atoms with Crippen LogP contribution < -0.4 is 24.8 Å². The molecule has 18 rings (SSSR count). The Balaban J connectivity index is 0.000000126. The maximum absolute atomic E-state index is 12.4. The first-order valence-corrected chi connectivity index (χ1v) is 42.3. The number of oxazole rings is 1. The van der Waals surface area contributed by atoms with Gasteiger partial charge in [-0.05, 0) is 108 Å². The minimum Gasteiger partial charge on any atom is -0.486 e. The Bertz CT molecular complexity index is 5920. The van der Waals surface area contributed by atoms with E-state index < -0.39 is 0 Å². The average molecular weight is 1690 g/mol. The standard InChI is InChI=1S/C21H17N3O.C21H19N3O.C21H21N3.C21H16N2O2.C21H16N2OSe/c1-3-8-16(9-4-1)20-19(15-25-18-11-5-2-6-12-18)23-21(24-20)17-10-7-13-22-14-17;25-21(24-19-11-5-2-6-12-19)14-20(18-9-3-1-4-10-18)23-16-17-8-7-13-22-15-17;1-3-9-19(10-4-1)21(24-17-18-8-7-14-22-16-18)13-15-23-20-11-5-2-6-12-20;2*1-3-8-16(9-4-1)20-19(15-24-18-11-5-2-6-12-18)25-21(23-20)17-10-7-13-22-14-17/h1-14,20H,15H2;1-13,15-16,20H,14H2,(H,24,25);1-12,14,16-17,21,23H,13,15H2;2*1-14H,15H2. The number of hydrogen-bond donors (Lipinski definition) is 2. The number of aromatic nitrogens is 7. The fraction of sp³-hybridized carbons (Fsp3) is 0.0857. The fourth-order valence-electron chi connectivity index (χ4n) is 12.9. The maximum atomic E-state index is 12.4. The molecular weight excluding hydrogens is 1600 g/mol. The van der Waals surface area contributed by atoms with Gasteiger partial charge in [0.15, 0.2) is 11.6 Å². The number of amidine groups is 1. The summed E-state index contributed by atoms with van der Waals surface area (Å²) in [6.45, 7) is 2.13. The third kappa shape index (κ3) is 26.5. The van der Waals surface area contributed by atoms with Gasteiger partial charge in [0, 0.05) is 102 Å². The van der Waals surface area contributed by atoms with Gasteiger partial charge in [-0.3, -0.25) is 39.7 Å². The molecule has 0 radical (unpaired) electrons. The number of para-hydroxylation sites is 5. The van der Waals surface area contributed by atoms with Crippen molar-refractivity contribution in [2.24, 2.45) is 20.0 Å². The maximum Gasteiger partial charge on any atom is 0.228 e. The molecule has 3 atom stereocenters. The van der Waals surface area contributed by atoms with Gasteiger partial charge in [-0.1, -0.05) is 206 Å². The predicted octanol–water partition coefficient (Wildman–Crippen LogP) is 22.5. The van der Waals surface area contributed by atoms with E-state index in [-0.39, 0.29) is 45.0 Å². The Hall–Kier alpha value is -15.6. The first kappa shape index (κ1) is 84.9. The van der Waals surface area contributed by atoms with Crippen LogP contribution in [0.3, 0.4) is 0 Å². The van der Waals surface area contributed by atoms with Crippen LogP contribution in [0.15, 0.2) is 450 Å². The van der Waals surface area contributed by atoms with Crippen molar-refractivity contribution < 1.29 is 23.4 Å². The van der Waals surface area contributed by atoms with E-state index in [2.05, 4.69) is 112 Å². The van der Waals surface area contributed by atoms with Crippen molar-refractivity contribution in [1.82, 2.24) is 34.9 Å². The molecule has 18 nitrogen and oxygen atoms in total. The fourth-order valence-corrected chi connectivity index (χ4v) is 14.9. The van der Waals surface area contributed by atoms with E-state index in [1.54, 1.807) is 55.8 Å². The van der Waals surface area contributed by atoms with Crippen molar-refractivity contribution in [3.8, 4) is 61.3 Å². The van der Waals surface area contributed by atoms with Crippen LogP contribution in [0.2, 0.25) is 0 Å². The van der Waals surface area contributed by atoms with Crippen molar-refractivity contribution >= 4 is 55.8 Å². The second-order valence-corrected chi connectivity index (χ2v) is 30.2. The number of carbonyl (C=O) groups excluding carboxylic acids is 1. The summed E-state index contributed by atoms with van der Waals surface area (Å²) in [6.07, 6.45) is 22.6. The summed E-state index contributed by atoms with van der Waals surface area (Å²) in [5, 5.41) is 6.37. The van der Waals surface area contributed by atoms with E-state index >= 15 is 0 Å². The van der Waals surface area contributed by atoms with Crippen LogP contribution in [0.1, 0.15) is 74.5 Å². The molecule has 610 valence electrons. The molecule has 0 aliphatic carbocycles. The minimum atomic E-state index is -0.245. The smallest absolute Gasteiger partial charge is 0.228 e. The van der Waals surface area contributed by atoms with Gasteiger partial charge in [-0.2, -0.15) is 0 Å². The zero-order valence-corrected chi connectivity index (χ0v) is 69.6. The number of benzene rings is 10. The second-order valence-electron chi connectivity index (χ2n) is 27.9. The molecular formula is C105H89N13O5Se.